The number of nitrogens with zero attached hydrogens (tertiary/aromatic N) is 1. The maximum Gasteiger partial charge on any atom is 0.254 e. The minimum absolute atomic E-state index is 0.0270. The summed E-state index contributed by atoms with van der Waals surface area (Å²) in [5.74, 6) is 0.839. The van der Waals surface area contributed by atoms with E-state index in [1.165, 1.54) is 0 Å². The number of para-hydroxylation sites is 1. The van der Waals surface area contributed by atoms with E-state index >= 15 is 0 Å². The zero-order chi connectivity index (χ0) is 18.9. The van der Waals surface area contributed by atoms with Crippen LogP contribution < -0.4 is 4.74 Å². The number of aliphatic hydroxyl groups is 1. The van der Waals surface area contributed by atoms with Crippen LogP contribution in [-0.2, 0) is 0 Å². The fourth-order valence-electron chi connectivity index (χ4n) is 4.95. The Balaban J connectivity index is 1.79. The van der Waals surface area contributed by atoms with Crippen LogP contribution in [0.5, 0.6) is 5.75 Å². The normalized spacial score (nSPS) is 27.7. The van der Waals surface area contributed by atoms with Gasteiger partial charge in [-0.15, -0.1) is 0 Å². The molecule has 27 heavy (non-hydrogen) atoms. The highest BCUT2D eigenvalue weighted by molar-refractivity contribution is 5.94. The summed E-state index contributed by atoms with van der Waals surface area (Å²) in [5.41, 5.74) is 0.991. The predicted octanol–water partition coefficient (Wildman–Crippen LogP) is 4.20. The predicted molar refractivity (Wildman–Crippen MR) is 105 cm³/mol. The molecule has 3 atom stereocenters. The lowest BCUT2D eigenvalue weighted by Crippen LogP contribution is -2.56. The van der Waals surface area contributed by atoms with Crippen molar-refractivity contribution >= 4 is 5.91 Å². The van der Waals surface area contributed by atoms with Gasteiger partial charge in [0, 0.05) is 23.6 Å². The van der Waals surface area contributed by atoms with Crippen LogP contribution in [0.4, 0.5) is 0 Å². The van der Waals surface area contributed by atoms with Crippen molar-refractivity contribution in [3.05, 3.63) is 65.7 Å². The molecule has 0 radical (unpaired) electrons. The first kappa shape index (κ1) is 18.1. The summed E-state index contributed by atoms with van der Waals surface area (Å²) >= 11 is 0. The quantitative estimate of drug-likeness (QED) is 0.887. The monoisotopic (exact) mass is 365 g/mol. The van der Waals surface area contributed by atoms with Crippen molar-refractivity contribution in [3.8, 4) is 5.75 Å². The van der Waals surface area contributed by atoms with Crippen LogP contribution in [0.1, 0.15) is 54.1 Å². The lowest BCUT2D eigenvalue weighted by atomic mass is 9.66. The van der Waals surface area contributed by atoms with Crippen molar-refractivity contribution in [3.63, 3.8) is 0 Å². The van der Waals surface area contributed by atoms with Gasteiger partial charge in [-0.3, -0.25) is 4.79 Å². The minimum Gasteiger partial charge on any atom is -0.496 e. The van der Waals surface area contributed by atoms with Crippen molar-refractivity contribution in [1.82, 2.24) is 4.90 Å². The Morgan fingerprint density at radius 3 is 2.59 bits per heavy atom. The fourth-order valence-corrected chi connectivity index (χ4v) is 4.95. The van der Waals surface area contributed by atoms with Crippen molar-refractivity contribution in [2.24, 2.45) is 5.92 Å². The Bertz CT molecular complexity index is 806. The number of amides is 1. The molecule has 142 valence electrons. The first-order valence-electron chi connectivity index (χ1n) is 9.85. The molecular formula is C23H27NO3. The highest BCUT2D eigenvalue weighted by Gasteiger charge is 2.50. The number of fused-ring (bicyclic) bond motifs is 1. The number of benzene rings is 2. The topological polar surface area (TPSA) is 49.8 Å². The number of piperidine rings is 1. The number of ether oxygens (including phenoxy) is 1. The van der Waals surface area contributed by atoms with Gasteiger partial charge in [0.1, 0.15) is 5.75 Å². The molecule has 2 fully saturated rings. The molecule has 2 aromatic carbocycles. The van der Waals surface area contributed by atoms with E-state index in [1.807, 2.05) is 59.5 Å². The van der Waals surface area contributed by atoms with Crippen LogP contribution in [-0.4, -0.2) is 35.2 Å². The summed E-state index contributed by atoms with van der Waals surface area (Å²) in [6.07, 6.45) is 4.53. The second kappa shape index (κ2) is 7.35. The number of likely N-dealkylation sites (tertiary alicyclic amines) is 1. The van der Waals surface area contributed by atoms with Gasteiger partial charge in [0.05, 0.1) is 18.8 Å². The van der Waals surface area contributed by atoms with Crippen LogP contribution in [0.25, 0.3) is 0 Å². The van der Waals surface area contributed by atoms with E-state index in [2.05, 4.69) is 0 Å². The van der Waals surface area contributed by atoms with Crippen LogP contribution in [0.2, 0.25) is 0 Å². The van der Waals surface area contributed by atoms with Crippen molar-refractivity contribution in [2.45, 2.75) is 43.7 Å². The second-order valence-electron chi connectivity index (χ2n) is 7.76. The molecule has 4 heteroatoms. The molecule has 4 rings (SSSR count). The summed E-state index contributed by atoms with van der Waals surface area (Å²) < 4.78 is 5.63. The highest BCUT2D eigenvalue weighted by atomic mass is 16.5. The number of rotatable bonds is 3. The molecule has 0 unspecified atom stereocenters. The molecule has 0 spiro atoms. The molecule has 1 aliphatic carbocycles. The van der Waals surface area contributed by atoms with Crippen molar-refractivity contribution in [1.29, 1.82) is 0 Å². The zero-order valence-electron chi connectivity index (χ0n) is 15.8. The van der Waals surface area contributed by atoms with Gasteiger partial charge >= 0.3 is 0 Å². The summed E-state index contributed by atoms with van der Waals surface area (Å²) in [5, 5.41) is 11.4. The largest absolute Gasteiger partial charge is 0.496 e. The van der Waals surface area contributed by atoms with E-state index in [0.717, 1.165) is 37.0 Å². The van der Waals surface area contributed by atoms with Crippen molar-refractivity contribution in [2.75, 3.05) is 13.7 Å². The van der Waals surface area contributed by atoms with Crippen LogP contribution in [0.3, 0.4) is 0 Å². The Morgan fingerprint density at radius 1 is 1.07 bits per heavy atom. The molecule has 1 N–H and O–H groups in total. The van der Waals surface area contributed by atoms with Gasteiger partial charge in [-0.2, -0.15) is 0 Å². The molecule has 4 nitrogen and oxygen atoms in total. The molecule has 2 aromatic rings. The summed E-state index contributed by atoms with van der Waals surface area (Å²) in [6.45, 7) is 0.559. The van der Waals surface area contributed by atoms with Gasteiger partial charge in [0.15, 0.2) is 0 Å². The third-order valence-corrected chi connectivity index (χ3v) is 6.31. The molecular weight excluding hydrogens is 338 g/mol. The van der Waals surface area contributed by atoms with E-state index in [-0.39, 0.29) is 17.9 Å². The van der Waals surface area contributed by atoms with Gasteiger partial charge in [-0.25, -0.2) is 0 Å². The molecule has 0 aromatic heterocycles. The van der Waals surface area contributed by atoms with E-state index < -0.39 is 5.60 Å². The maximum atomic E-state index is 13.4. The molecule has 2 aliphatic rings. The number of carbonyl (C=O) groups excluding carboxylic acids is 1. The van der Waals surface area contributed by atoms with Gasteiger partial charge in [0.2, 0.25) is 0 Å². The van der Waals surface area contributed by atoms with E-state index in [1.54, 1.807) is 7.11 Å². The fraction of sp³-hybridized carbons (Fsp3) is 0.435. The molecule has 1 heterocycles. The smallest absolute Gasteiger partial charge is 0.254 e. The number of hydrogen-bond donors (Lipinski definition) is 1. The minimum atomic E-state index is -0.697. The average Bonchev–Trinajstić information content (AvgIpc) is 2.72. The van der Waals surface area contributed by atoms with Gasteiger partial charge in [-0.1, -0.05) is 49.2 Å². The number of methoxy groups -OCH3 is 1. The van der Waals surface area contributed by atoms with Gasteiger partial charge in [-0.05, 0) is 37.5 Å². The zero-order valence-corrected chi connectivity index (χ0v) is 15.8. The second-order valence-corrected chi connectivity index (χ2v) is 7.76. The highest BCUT2D eigenvalue weighted by Crippen LogP contribution is 2.51. The van der Waals surface area contributed by atoms with Crippen LogP contribution >= 0.6 is 0 Å². The Labute approximate surface area is 160 Å². The Kier molecular flexibility index (Phi) is 4.92. The molecule has 1 saturated heterocycles. The standard InChI is InChI=1S/C23H27NO3/c1-27-20-13-6-5-11-18(20)21-19-12-7-8-14-23(19,26)15-16-24(21)22(25)17-9-3-2-4-10-17/h2-6,9-11,13,19,21,26H,7-8,12,14-16H2,1H3/t19-,21+,23+/m1/s1. The molecule has 1 aliphatic heterocycles. The summed E-state index contributed by atoms with van der Waals surface area (Å²) in [4.78, 5) is 15.3. The van der Waals surface area contributed by atoms with Crippen LogP contribution in [0, 0.1) is 5.92 Å². The summed E-state index contributed by atoms with van der Waals surface area (Å²) in [7, 11) is 1.66. The number of carbonyl (C=O) groups is 1. The van der Waals surface area contributed by atoms with Crippen LogP contribution in [0.15, 0.2) is 54.6 Å². The molecule has 1 amide bonds. The van der Waals surface area contributed by atoms with E-state index in [9.17, 15) is 9.90 Å². The third kappa shape index (κ3) is 3.23. The van der Waals surface area contributed by atoms with Gasteiger partial charge < -0.3 is 14.7 Å². The first-order valence-corrected chi connectivity index (χ1v) is 9.85. The Hall–Kier alpha value is -2.33. The SMILES string of the molecule is COc1ccccc1[C@H]1[C@H]2CCCC[C@]2(O)CCN1C(=O)c1ccccc1. The number of hydrogen-bond acceptors (Lipinski definition) is 3. The maximum absolute atomic E-state index is 13.4. The Morgan fingerprint density at radius 2 is 1.81 bits per heavy atom. The van der Waals surface area contributed by atoms with E-state index in [4.69, 9.17) is 4.74 Å². The first-order chi connectivity index (χ1) is 13.1. The van der Waals surface area contributed by atoms with Crippen molar-refractivity contribution < 1.29 is 14.6 Å². The van der Waals surface area contributed by atoms with Gasteiger partial charge in [0.25, 0.3) is 5.91 Å². The average molecular weight is 365 g/mol. The third-order valence-electron chi connectivity index (χ3n) is 6.31. The van der Waals surface area contributed by atoms with E-state index in [0.29, 0.717) is 18.5 Å². The lowest BCUT2D eigenvalue weighted by Gasteiger charge is -2.52. The lowest BCUT2D eigenvalue weighted by molar-refractivity contribution is -0.115. The molecule has 0 bridgehead atoms. The summed E-state index contributed by atoms with van der Waals surface area (Å²) in [6, 6.07) is 17.2. The molecule has 1 saturated carbocycles.